The van der Waals surface area contributed by atoms with Crippen molar-refractivity contribution in [3.8, 4) is 0 Å². The van der Waals surface area contributed by atoms with E-state index < -0.39 is 11.9 Å². The predicted molar refractivity (Wildman–Crippen MR) is 93.6 cm³/mol. The Bertz CT molecular complexity index is 383. The zero-order valence-electron chi connectivity index (χ0n) is 14.4. The largest absolute Gasteiger partial charge is 0.478 e. The van der Waals surface area contributed by atoms with Crippen LogP contribution < -0.4 is 0 Å². The van der Waals surface area contributed by atoms with Crippen LogP contribution in [0.1, 0.15) is 84.0 Å². The van der Waals surface area contributed by atoms with Crippen molar-refractivity contribution in [1.29, 1.82) is 0 Å². The van der Waals surface area contributed by atoms with Crippen LogP contribution in [-0.4, -0.2) is 22.2 Å². The van der Waals surface area contributed by atoms with Crippen LogP contribution in [0.15, 0.2) is 23.8 Å². The van der Waals surface area contributed by atoms with Crippen molar-refractivity contribution in [2.24, 2.45) is 0 Å². The highest BCUT2D eigenvalue weighted by Gasteiger charge is 2.04. The second-order valence-electron chi connectivity index (χ2n) is 5.97. The SMILES string of the molecule is CCCCCCCCCCCCC/C=C/C(=C/C(=O)O)C(=O)O. The van der Waals surface area contributed by atoms with Crippen molar-refractivity contribution < 1.29 is 19.8 Å². The second kappa shape index (κ2) is 15.3. The zero-order chi connectivity index (χ0) is 17.3. The molecule has 0 aliphatic heterocycles. The number of carboxylic acids is 2. The summed E-state index contributed by atoms with van der Waals surface area (Å²) in [5.74, 6) is -2.44. The first-order chi connectivity index (χ1) is 11.1. The van der Waals surface area contributed by atoms with E-state index >= 15 is 0 Å². The standard InChI is InChI=1S/C19H32O4/c1-2-3-4-5-6-7-8-9-10-11-12-13-14-15-17(19(22)23)16-18(20)21/h14-16H,2-13H2,1H3,(H,20,21)(H,22,23)/b15-14+,17-16-. The fourth-order valence-corrected chi connectivity index (χ4v) is 2.45. The lowest BCUT2D eigenvalue weighted by Gasteiger charge is -2.01. The molecule has 23 heavy (non-hydrogen) atoms. The molecule has 0 atom stereocenters. The maximum Gasteiger partial charge on any atom is 0.335 e. The molecule has 0 fully saturated rings. The normalized spacial score (nSPS) is 12.0. The monoisotopic (exact) mass is 324 g/mol. The second-order valence-corrected chi connectivity index (χ2v) is 5.97. The fourth-order valence-electron chi connectivity index (χ4n) is 2.45. The maximum atomic E-state index is 10.8. The lowest BCUT2D eigenvalue weighted by atomic mass is 10.1. The highest BCUT2D eigenvalue weighted by molar-refractivity contribution is 5.96. The minimum atomic E-state index is -1.23. The molecule has 0 unspecified atom stereocenters. The van der Waals surface area contributed by atoms with E-state index in [1.54, 1.807) is 6.08 Å². The molecule has 0 radical (unpaired) electrons. The molecule has 0 heterocycles. The minimum Gasteiger partial charge on any atom is -0.478 e. The van der Waals surface area contributed by atoms with Crippen molar-refractivity contribution in [3.63, 3.8) is 0 Å². The summed E-state index contributed by atoms with van der Waals surface area (Å²) in [5, 5.41) is 17.4. The number of carbonyl (C=O) groups is 2. The van der Waals surface area contributed by atoms with Gasteiger partial charge in [-0.15, -0.1) is 0 Å². The topological polar surface area (TPSA) is 74.6 Å². The molecule has 0 aromatic rings. The molecule has 0 aliphatic rings. The molecule has 132 valence electrons. The van der Waals surface area contributed by atoms with Crippen LogP contribution >= 0.6 is 0 Å². The summed E-state index contributed by atoms with van der Waals surface area (Å²) in [6.07, 6.45) is 18.7. The van der Waals surface area contributed by atoms with Crippen LogP contribution in [0, 0.1) is 0 Å². The van der Waals surface area contributed by atoms with Crippen molar-refractivity contribution in [2.75, 3.05) is 0 Å². The molecule has 2 N–H and O–H groups in total. The van der Waals surface area contributed by atoms with E-state index in [0.29, 0.717) is 0 Å². The minimum absolute atomic E-state index is 0.180. The Kier molecular flexibility index (Phi) is 14.3. The van der Waals surface area contributed by atoms with Gasteiger partial charge < -0.3 is 10.2 Å². The Morgan fingerprint density at radius 1 is 0.783 bits per heavy atom. The molecule has 4 nitrogen and oxygen atoms in total. The number of carboxylic acid groups (broad SMARTS) is 2. The summed E-state index contributed by atoms with van der Waals surface area (Å²) in [4.78, 5) is 21.3. The van der Waals surface area contributed by atoms with E-state index in [0.717, 1.165) is 25.3 Å². The number of hydrogen-bond acceptors (Lipinski definition) is 2. The first kappa shape index (κ1) is 21.4. The zero-order valence-corrected chi connectivity index (χ0v) is 14.4. The lowest BCUT2D eigenvalue weighted by molar-refractivity contribution is -0.134. The van der Waals surface area contributed by atoms with E-state index in [2.05, 4.69) is 6.92 Å². The quantitative estimate of drug-likeness (QED) is 0.242. The Balaban J connectivity index is 3.53. The Labute approximate surface area is 140 Å². The van der Waals surface area contributed by atoms with Gasteiger partial charge >= 0.3 is 11.9 Å². The van der Waals surface area contributed by atoms with Crippen LogP contribution in [0.5, 0.6) is 0 Å². The number of hydrogen-bond donors (Lipinski definition) is 2. The van der Waals surface area contributed by atoms with Crippen molar-refractivity contribution in [2.45, 2.75) is 84.0 Å². The molecule has 0 rings (SSSR count). The summed E-state index contributed by atoms with van der Waals surface area (Å²) >= 11 is 0. The van der Waals surface area contributed by atoms with E-state index in [-0.39, 0.29) is 5.57 Å². The lowest BCUT2D eigenvalue weighted by Crippen LogP contribution is -2.01. The van der Waals surface area contributed by atoms with Gasteiger partial charge in [0.05, 0.1) is 5.57 Å². The fraction of sp³-hybridized carbons (Fsp3) is 0.684. The van der Waals surface area contributed by atoms with Gasteiger partial charge in [0.25, 0.3) is 0 Å². The molecule has 0 amide bonds. The molecule has 0 saturated heterocycles. The molecular weight excluding hydrogens is 292 g/mol. The Morgan fingerprint density at radius 2 is 1.26 bits per heavy atom. The number of allylic oxidation sites excluding steroid dienone is 1. The van der Waals surface area contributed by atoms with Gasteiger partial charge in [-0.1, -0.05) is 83.3 Å². The van der Waals surface area contributed by atoms with E-state index in [1.807, 2.05) is 0 Å². The van der Waals surface area contributed by atoms with Crippen molar-refractivity contribution >= 4 is 11.9 Å². The first-order valence-electron chi connectivity index (χ1n) is 8.92. The molecule has 0 aliphatic carbocycles. The van der Waals surface area contributed by atoms with E-state index in [4.69, 9.17) is 10.2 Å². The smallest absolute Gasteiger partial charge is 0.335 e. The van der Waals surface area contributed by atoms with Gasteiger partial charge in [-0.05, 0) is 12.8 Å². The van der Waals surface area contributed by atoms with Crippen LogP contribution in [-0.2, 0) is 9.59 Å². The third-order valence-electron chi connectivity index (χ3n) is 3.80. The van der Waals surface area contributed by atoms with Gasteiger partial charge in [0.1, 0.15) is 0 Å². The van der Waals surface area contributed by atoms with Crippen LogP contribution in [0.4, 0.5) is 0 Å². The number of aliphatic carboxylic acids is 2. The van der Waals surface area contributed by atoms with Gasteiger partial charge in [0.15, 0.2) is 0 Å². The van der Waals surface area contributed by atoms with Gasteiger partial charge in [-0.25, -0.2) is 9.59 Å². The van der Waals surface area contributed by atoms with Crippen LogP contribution in [0.25, 0.3) is 0 Å². The van der Waals surface area contributed by atoms with Crippen LogP contribution in [0.2, 0.25) is 0 Å². The van der Waals surface area contributed by atoms with E-state index in [1.165, 1.54) is 63.9 Å². The summed E-state index contributed by atoms with van der Waals surface area (Å²) < 4.78 is 0. The van der Waals surface area contributed by atoms with Gasteiger partial charge in [0, 0.05) is 6.08 Å². The third-order valence-corrected chi connectivity index (χ3v) is 3.80. The average molecular weight is 324 g/mol. The molecule has 0 aromatic carbocycles. The summed E-state index contributed by atoms with van der Waals surface area (Å²) in [5.41, 5.74) is -0.180. The average Bonchev–Trinajstić information content (AvgIpc) is 2.50. The van der Waals surface area contributed by atoms with Gasteiger partial charge in [0.2, 0.25) is 0 Å². The number of rotatable bonds is 15. The molecule has 4 heteroatoms. The van der Waals surface area contributed by atoms with Crippen molar-refractivity contribution in [1.82, 2.24) is 0 Å². The molecule has 0 aromatic heterocycles. The summed E-state index contributed by atoms with van der Waals surface area (Å²) in [6, 6.07) is 0. The maximum absolute atomic E-state index is 10.8. The highest BCUT2D eigenvalue weighted by Crippen LogP contribution is 2.12. The number of unbranched alkanes of at least 4 members (excludes halogenated alkanes) is 11. The molecule has 0 spiro atoms. The summed E-state index contributed by atoms with van der Waals surface area (Å²) in [6.45, 7) is 2.24. The predicted octanol–water partition coefficient (Wildman–Crippen LogP) is 5.34. The molecular formula is C19H32O4. The molecule has 0 saturated carbocycles. The Morgan fingerprint density at radius 3 is 1.70 bits per heavy atom. The van der Waals surface area contributed by atoms with Gasteiger partial charge in [-0.2, -0.15) is 0 Å². The van der Waals surface area contributed by atoms with Crippen molar-refractivity contribution in [3.05, 3.63) is 23.8 Å². The highest BCUT2D eigenvalue weighted by atomic mass is 16.4. The Hall–Kier alpha value is -1.58. The van der Waals surface area contributed by atoms with Gasteiger partial charge in [-0.3, -0.25) is 0 Å². The van der Waals surface area contributed by atoms with Crippen LogP contribution in [0.3, 0.4) is 0 Å². The first-order valence-corrected chi connectivity index (χ1v) is 8.92. The summed E-state index contributed by atoms with van der Waals surface area (Å²) in [7, 11) is 0. The van der Waals surface area contributed by atoms with E-state index in [9.17, 15) is 9.59 Å². The molecule has 0 bridgehead atoms. The third kappa shape index (κ3) is 15.1.